The predicted molar refractivity (Wildman–Crippen MR) is 60.7 cm³/mol. The molecule has 1 atom stereocenters. The Morgan fingerprint density at radius 1 is 1.40 bits per heavy atom. The van der Waals surface area contributed by atoms with Crippen molar-refractivity contribution >= 4 is 5.91 Å². The zero-order valence-electron chi connectivity index (χ0n) is 9.64. The molecule has 3 nitrogen and oxygen atoms in total. The lowest BCUT2D eigenvalue weighted by atomic mass is 9.74. The maximum Gasteiger partial charge on any atom is 0.237 e. The predicted octanol–water partition coefficient (Wildman–Crippen LogP) is 1.58. The highest BCUT2D eigenvalue weighted by Crippen LogP contribution is 2.34. The lowest BCUT2D eigenvalue weighted by Gasteiger charge is -2.43. The van der Waals surface area contributed by atoms with Crippen LogP contribution in [0, 0.1) is 0 Å². The Morgan fingerprint density at radius 3 is 2.67 bits per heavy atom. The van der Waals surface area contributed by atoms with Crippen LogP contribution >= 0.6 is 0 Å². The first-order valence-corrected chi connectivity index (χ1v) is 6.31. The van der Waals surface area contributed by atoms with Crippen LogP contribution in [0.4, 0.5) is 0 Å². The zero-order chi connectivity index (χ0) is 10.7. The van der Waals surface area contributed by atoms with Crippen molar-refractivity contribution in [2.24, 2.45) is 0 Å². The molecule has 0 aromatic carbocycles. The third-order valence-corrected chi connectivity index (χ3v) is 4.00. The molecule has 2 rings (SSSR count). The summed E-state index contributed by atoms with van der Waals surface area (Å²) in [4.78, 5) is 12.0. The van der Waals surface area contributed by atoms with Crippen molar-refractivity contribution in [3.63, 3.8) is 0 Å². The van der Waals surface area contributed by atoms with Crippen LogP contribution in [0.1, 0.15) is 51.9 Å². The van der Waals surface area contributed by atoms with Gasteiger partial charge in [0.1, 0.15) is 0 Å². The highest BCUT2D eigenvalue weighted by molar-refractivity contribution is 5.82. The van der Waals surface area contributed by atoms with Gasteiger partial charge in [0.05, 0.1) is 6.04 Å². The second kappa shape index (κ2) is 4.52. The fraction of sp³-hybridized carbons (Fsp3) is 0.917. The van der Waals surface area contributed by atoms with E-state index in [0.717, 1.165) is 19.4 Å². The van der Waals surface area contributed by atoms with E-state index < -0.39 is 0 Å². The number of carbonyl (C=O) groups excluding carboxylic acids is 1. The Hall–Kier alpha value is -0.570. The summed E-state index contributed by atoms with van der Waals surface area (Å²) in [5, 5.41) is 6.55. The molecule has 1 saturated heterocycles. The van der Waals surface area contributed by atoms with Crippen LogP contribution in [-0.2, 0) is 4.79 Å². The molecule has 1 aliphatic heterocycles. The van der Waals surface area contributed by atoms with Gasteiger partial charge in [0, 0.05) is 5.54 Å². The lowest BCUT2D eigenvalue weighted by molar-refractivity contribution is -0.126. The zero-order valence-corrected chi connectivity index (χ0v) is 9.64. The molecule has 0 unspecified atom stereocenters. The third kappa shape index (κ3) is 2.33. The molecule has 86 valence electrons. The van der Waals surface area contributed by atoms with E-state index in [-0.39, 0.29) is 17.5 Å². The minimum Gasteiger partial charge on any atom is -0.349 e. The fourth-order valence-electron chi connectivity index (χ4n) is 2.59. The summed E-state index contributed by atoms with van der Waals surface area (Å²) < 4.78 is 0. The number of amides is 1. The van der Waals surface area contributed by atoms with Gasteiger partial charge in [-0.25, -0.2) is 0 Å². The second-order valence-electron chi connectivity index (χ2n) is 4.98. The molecule has 0 aromatic heterocycles. The molecule has 1 aliphatic carbocycles. The largest absolute Gasteiger partial charge is 0.349 e. The number of hydrogen-bond acceptors (Lipinski definition) is 2. The van der Waals surface area contributed by atoms with Crippen molar-refractivity contribution in [2.45, 2.75) is 63.5 Å². The fourth-order valence-corrected chi connectivity index (χ4v) is 2.59. The Bertz CT molecular complexity index is 224. The first-order valence-electron chi connectivity index (χ1n) is 6.31. The summed E-state index contributed by atoms with van der Waals surface area (Å²) in [5.74, 6) is 0.233. The van der Waals surface area contributed by atoms with Crippen LogP contribution in [0.2, 0.25) is 0 Å². The summed E-state index contributed by atoms with van der Waals surface area (Å²) in [7, 11) is 0. The molecule has 3 heteroatoms. The lowest BCUT2D eigenvalue weighted by Crippen LogP contribution is -2.58. The molecule has 1 saturated carbocycles. The van der Waals surface area contributed by atoms with E-state index in [0.29, 0.717) is 0 Å². The number of rotatable bonds is 3. The smallest absolute Gasteiger partial charge is 0.237 e. The van der Waals surface area contributed by atoms with Crippen LogP contribution in [0.25, 0.3) is 0 Å². The van der Waals surface area contributed by atoms with E-state index in [1.54, 1.807) is 0 Å². The monoisotopic (exact) mass is 210 g/mol. The molecule has 0 radical (unpaired) electrons. The minimum absolute atomic E-state index is 0.0720. The molecule has 2 N–H and O–H groups in total. The van der Waals surface area contributed by atoms with Crippen molar-refractivity contribution in [3.05, 3.63) is 0 Å². The highest BCUT2D eigenvalue weighted by atomic mass is 16.2. The molecule has 0 spiro atoms. The number of hydrogen-bond donors (Lipinski definition) is 2. The van der Waals surface area contributed by atoms with E-state index in [9.17, 15) is 4.79 Å². The molecule has 0 bridgehead atoms. The normalized spacial score (nSPS) is 29.3. The van der Waals surface area contributed by atoms with Crippen molar-refractivity contribution in [2.75, 3.05) is 6.54 Å². The number of piperidine rings is 1. The van der Waals surface area contributed by atoms with Crippen LogP contribution in [0.5, 0.6) is 0 Å². The van der Waals surface area contributed by atoms with Gasteiger partial charge in [-0.3, -0.25) is 4.79 Å². The maximum absolute atomic E-state index is 12.0. The van der Waals surface area contributed by atoms with Gasteiger partial charge in [0.15, 0.2) is 0 Å². The Kier molecular flexibility index (Phi) is 3.29. The van der Waals surface area contributed by atoms with Gasteiger partial charge in [-0.05, 0) is 45.1 Å². The summed E-state index contributed by atoms with van der Waals surface area (Å²) in [5.41, 5.74) is 0.149. The molecule has 2 aliphatic rings. The molecule has 2 fully saturated rings. The van der Waals surface area contributed by atoms with Gasteiger partial charge in [-0.15, -0.1) is 0 Å². The van der Waals surface area contributed by atoms with Crippen LogP contribution in [0.15, 0.2) is 0 Å². The molecule has 15 heavy (non-hydrogen) atoms. The van der Waals surface area contributed by atoms with E-state index in [1.807, 2.05) is 0 Å². The average Bonchev–Trinajstić information content (AvgIpc) is 2.24. The van der Waals surface area contributed by atoms with Gasteiger partial charge >= 0.3 is 0 Å². The standard InChI is InChI=1S/C12H22N2O/c1-2-12(7-5-8-12)14-11(15)10-6-3-4-9-13-10/h10,13H,2-9H2,1H3,(H,14,15)/t10-/m1/s1. The summed E-state index contributed by atoms with van der Waals surface area (Å²) in [6.07, 6.45) is 8.08. The molecular formula is C12H22N2O. The van der Waals surface area contributed by atoms with Crippen LogP contribution < -0.4 is 10.6 Å². The quantitative estimate of drug-likeness (QED) is 0.742. The van der Waals surface area contributed by atoms with Crippen molar-refractivity contribution in [3.8, 4) is 0 Å². The van der Waals surface area contributed by atoms with Crippen molar-refractivity contribution < 1.29 is 4.79 Å². The van der Waals surface area contributed by atoms with Crippen molar-refractivity contribution in [1.82, 2.24) is 10.6 Å². The third-order valence-electron chi connectivity index (χ3n) is 4.00. The summed E-state index contributed by atoms with van der Waals surface area (Å²) in [6, 6.07) is 0.0720. The Labute approximate surface area is 92.0 Å². The van der Waals surface area contributed by atoms with Gasteiger partial charge < -0.3 is 10.6 Å². The van der Waals surface area contributed by atoms with E-state index in [4.69, 9.17) is 0 Å². The van der Waals surface area contributed by atoms with Crippen molar-refractivity contribution in [1.29, 1.82) is 0 Å². The summed E-state index contributed by atoms with van der Waals surface area (Å²) >= 11 is 0. The van der Waals surface area contributed by atoms with Gasteiger partial charge in [-0.1, -0.05) is 13.3 Å². The molecule has 1 heterocycles. The highest BCUT2D eigenvalue weighted by Gasteiger charge is 2.37. The molecule has 1 amide bonds. The second-order valence-corrected chi connectivity index (χ2v) is 4.98. The summed E-state index contributed by atoms with van der Waals surface area (Å²) in [6.45, 7) is 3.17. The average molecular weight is 210 g/mol. The SMILES string of the molecule is CCC1(NC(=O)[C@H]2CCCCN2)CCC1. The van der Waals surface area contributed by atoms with E-state index in [1.165, 1.54) is 32.1 Å². The van der Waals surface area contributed by atoms with Gasteiger partial charge in [-0.2, -0.15) is 0 Å². The van der Waals surface area contributed by atoms with Crippen LogP contribution in [0.3, 0.4) is 0 Å². The first-order chi connectivity index (χ1) is 7.26. The van der Waals surface area contributed by atoms with Gasteiger partial charge in [0.2, 0.25) is 5.91 Å². The molecule has 0 aromatic rings. The number of nitrogens with one attached hydrogen (secondary N) is 2. The topological polar surface area (TPSA) is 41.1 Å². The van der Waals surface area contributed by atoms with Gasteiger partial charge in [0.25, 0.3) is 0 Å². The van der Waals surface area contributed by atoms with E-state index in [2.05, 4.69) is 17.6 Å². The van der Waals surface area contributed by atoms with E-state index >= 15 is 0 Å². The maximum atomic E-state index is 12.0. The minimum atomic E-state index is 0.0720. The number of carbonyl (C=O) groups is 1. The first kappa shape index (κ1) is 10.9. The Balaban J connectivity index is 1.85. The van der Waals surface area contributed by atoms with Crippen LogP contribution in [-0.4, -0.2) is 24.0 Å². The molecular weight excluding hydrogens is 188 g/mol. The Morgan fingerprint density at radius 2 is 2.20 bits per heavy atom.